The van der Waals surface area contributed by atoms with Crippen molar-refractivity contribution in [3.8, 4) is 5.75 Å². The predicted octanol–water partition coefficient (Wildman–Crippen LogP) is 2.62. The molecule has 0 fully saturated rings. The van der Waals surface area contributed by atoms with Gasteiger partial charge in [-0.15, -0.1) is 0 Å². The van der Waals surface area contributed by atoms with E-state index < -0.39 is 10.9 Å². The summed E-state index contributed by atoms with van der Waals surface area (Å²) in [5.74, 6) is -1.05. The molecule has 0 saturated carbocycles. The van der Waals surface area contributed by atoms with Crippen LogP contribution in [0.15, 0.2) is 33.3 Å². The number of ether oxygens (including phenoxy) is 1. The Hall–Kier alpha value is -2.42. The lowest BCUT2D eigenvalue weighted by Crippen LogP contribution is -1.99. The molecular formula is C11H7BrN2O6. The number of aromatic nitrogens is 1. The molecule has 0 saturated heterocycles. The van der Waals surface area contributed by atoms with Crippen molar-refractivity contribution in [3.63, 3.8) is 0 Å². The van der Waals surface area contributed by atoms with Crippen LogP contribution in [0.1, 0.15) is 16.2 Å². The van der Waals surface area contributed by atoms with Crippen molar-refractivity contribution >= 4 is 27.6 Å². The Kier molecular flexibility index (Phi) is 3.99. The topological polar surface area (TPSA) is 116 Å². The molecule has 8 nitrogen and oxygen atoms in total. The summed E-state index contributed by atoms with van der Waals surface area (Å²) in [6.07, 6.45) is 0. The van der Waals surface area contributed by atoms with Gasteiger partial charge < -0.3 is 14.4 Å². The number of benzene rings is 1. The minimum Gasteiger partial charge on any atom is -0.478 e. The van der Waals surface area contributed by atoms with E-state index in [4.69, 9.17) is 14.4 Å². The number of hydrogen-bond acceptors (Lipinski definition) is 6. The molecule has 0 spiro atoms. The first-order chi connectivity index (χ1) is 9.49. The highest BCUT2D eigenvalue weighted by Crippen LogP contribution is 2.35. The molecule has 9 heteroatoms. The van der Waals surface area contributed by atoms with Gasteiger partial charge in [0.25, 0.3) is 0 Å². The van der Waals surface area contributed by atoms with E-state index in [2.05, 4.69) is 21.1 Å². The van der Waals surface area contributed by atoms with Crippen molar-refractivity contribution in [1.29, 1.82) is 0 Å². The second-order valence-corrected chi connectivity index (χ2v) is 4.47. The maximum Gasteiger partial charge on any atom is 0.358 e. The van der Waals surface area contributed by atoms with Gasteiger partial charge in [-0.3, -0.25) is 10.1 Å². The molecule has 20 heavy (non-hydrogen) atoms. The number of hydrogen-bond donors (Lipinski definition) is 1. The minimum absolute atomic E-state index is 0.0331. The molecular weight excluding hydrogens is 336 g/mol. The van der Waals surface area contributed by atoms with E-state index >= 15 is 0 Å². The van der Waals surface area contributed by atoms with Gasteiger partial charge in [0.1, 0.15) is 6.61 Å². The van der Waals surface area contributed by atoms with Crippen LogP contribution in [0.5, 0.6) is 5.75 Å². The SMILES string of the molecule is O=C(O)c1cc(COc2c(Br)cccc2[N+](=O)[O-])on1. The number of rotatable bonds is 5. The van der Waals surface area contributed by atoms with E-state index in [9.17, 15) is 14.9 Å². The van der Waals surface area contributed by atoms with E-state index in [1.165, 1.54) is 18.2 Å². The van der Waals surface area contributed by atoms with Gasteiger partial charge in [-0.25, -0.2) is 4.79 Å². The average molecular weight is 343 g/mol. The van der Waals surface area contributed by atoms with Gasteiger partial charge in [-0.05, 0) is 22.0 Å². The van der Waals surface area contributed by atoms with Crippen LogP contribution >= 0.6 is 15.9 Å². The molecule has 0 aliphatic carbocycles. The molecule has 1 aromatic carbocycles. The fraction of sp³-hybridized carbons (Fsp3) is 0.0909. The third kappa shape index (κ3) is 2.94. The smallest absolute Gasteiger partial charge is 0.358 e. The first-order valence-corrected chi connectivity index (χ1v) is 6.03. The summed E-state index contributed by atoms with van der Waals surface area (Å²) < 4.78 is 10.4. The second-order valence-electron chi connectivity index (χ2n) is 3.62. The van der Waals surface area contributed by atoms with Gasteiger partial charge >= 0.3 is 11.7 Å². The summed E-state index contributed by atoms with van der Waals surface area (Å²) in [4.78, 5) is 20.9. The van der Waals surface area contributed by atoms with Gasteiger partial charge in [-0.1, -0.05) is 11.2 Å². The van der Waals surface area contributed by atoms with Gasteiger partial charge in [0.15, 0.2) is 11.5 Å². The van der Waals surface area contributed by atoms with Crippen LogP contribution in [-0.4, -0.2) is 21.2 Å². The van der Waals surface area contributed by atoms with Crippen LogP contribution in [0, 0.1) is 10.1 Å². The van der Waals surface area contributed by atoms with Crippen LogP contribution in [0.4, 0.5) is 5.69 Å². The lowest BCUT2D eigenvalue weighted by Gasteiger charge is -2.06. The fourth-order valence-electron chi connectivity index (χ4n) is 1.41. The highest BCUT2D eigenvalue weighted by molar-refractivity contribution is 9.10. The number of nitrogens with zero attached hydrogens (tertiary/aromatic N) is 2. The third-order valence-corrected chi connectivity index (χ3v) is 2.90. The Bertz CT molecular complexity index is 669. The third-order valence-electron chi connectivity index (χ3n) is 2.28. The highest BCUT2D eigenvalue weighted by atomic mass is 79.9. The molecule has 1 N–H and O–H groups in total. The minimum atomic E-state index is -1.23. The molecule has 1 heterocycles. The van der Waals surface area contributed by atoms with E-state index in [1.54, 1.807) is 6.07 Å². The van der Waals surface area contributed by atoms with Gasteiger partial charge in [0.05, 0.1) is 9.40 Å². The van der Waals surface area contributed by atoms with Crippen LogP contribution in [0.3, 0.4) is 0 Å². The van der Waals surface area contributed by atoms with Gasteiger partial charge in [0, 0.05) is 12.1 Å². The van der Waals surface area contributed by atoms with Crippen LogP contribution in [0.25, 0.3) is 0 Å². The van der Waals surface area contributed by atoms with Gasteiger partial charge in [-0.2, -0.15) is 0 Å². The van der Waals surface area contributed by atoms with E-state index in [-0.39, 0.29) is 29.5 Å². The van der Waals surface area contributed by atoms with Crippen molar-refractivity contribution < 1.29 is 24.1 Å². The molecule has 0 aliphatic heterocycles. The number of nitro benzene ring substituents is 1. The second kappa shape index (κ2) is 5.70. The summed E-state index contributed by atoms with van der Waals surface area (Å²) in [5.41, 5.74) is -0.470. The molecule has 2 aromatic rings. The van der Waals surface area contributed by atoms with Gasteiger partial charge in [0.2, 0.25) is 5.75 Å². The molecule has 0 bridgehead atoms. The molecule has 0 radical (unpaired) electrons. The Morgan fingerprint density at radius 3 is 2.90 bits per heavy atom. The molecule has 0 atom stereocenters. The van der Waals surface area contributed by atoms with Crippen molar-refractivity contribution in [2.45, 2.75) is 6.61 Å². The predicted molar refractivity (Wildman–Crippen MR) is 68.6 cm³/mol. The number of carboxylic acids is 1. The Labute approximate surface area is 120 Å². The average Bonchev–Trinajstić information content (AvgIpc) is 2.86. The fourth-order valence-corrected chi connectivity index (χ4v) is 1.88. The lowest BCUT2D eigenvalue weighted by atomic mass is 10.3. The number of nitro groups is 1. The largest absolute Gasteiger partial charge is 0.478 e. The maximum atomic E-state index is 10.9. The summed E-state index contributed by atoms with van der Waals surface area (Å²) in [6.45, 7) is -0.177. The summed E-state index contributed by atoms with van der Waals surface area (Å²) in [7, 11) is 0. The van der Waals surface area contributed by atoms with Crippen LogP contribution in [-0.2, 0) is 6.61 Å². The maximum absolute atomic E-state index is 10.9. The summed E-state index contributed by atoms with van der Waals surface area (Å²) >= 11 is 3.15. The Balaban J connectivity index is 2.18. The molecule has 2 rings (SSSR count). The van der Waals surface area contributed by atoms with Crippen molar-refractivity contribution in [2.24, 2.45) is 0 Å². The van der Waals surface area contributed by atoms with E-state index in [0.717, 1.165) is 0 Å². The zero-order chi connectivity index (χ0) is 14.7. The van der Waals surface area contributed by atoms with Crippen LogP contribution in [0.2, 0.25) is 0 Å². The van der Waals surface area contributed by atoms with E-state index in [1.807, 2.05) is 0 Å². The zero-order valence-corrected chi connectivity index (χ0v) is 11.4. The molecule has 0 aliphatic rings. The first-order valence-electron chi connectivity index (χ1n) is 5.23. The van der Waals surface area contributed by atoms with Crippen molar-refractivity contribution in [1.82, 2.24) is 5.16 Å². The number of carbonyl (C=O) groups is 1. The number of carboxylic acid groups (broad SMARTS) is 1. The number of halogens is 1. The van der Waals surface area contributed by atoms with Crippen LogP contribution < -0.4 is 4.74 Å². The normalized spacial score (nSPS) is 10.2. The Morgan fingerprint density at radius 1 is 1.55 bits per heavy atom. The van der Waals surface area contributed by atoms with E-state index in [0.29, 0.717) is 4.47 Å². The molecule has 0 amide bonds. The summed E-state index contributed by atoms with van der Waals surface area (Å²) in [5, 5.41) is 22.9. The molecule has 104 valence electrons. The quantitative estimate of drug-likeness (QED) is 0.655. The zero-order valence-electron chi connectivity index (χ0n) is 9.78. The Morgan fingerprint density at radius 2 is 2.30 bits per heavy atom. The number of aromatic carboxylic acids is 1. The van der Waals surface area contributed by atoms with Crippen molar-refractivity contribution in [3.05, 3.63) is 50.3 Å². The van der Waals surface area contributed by atoms with Crippen molar-refractivity contribution in [2.75, 3.05) is 0 Å². The number of para-hydroxylation sites is 1. The molecule has 0 unspecified atom stereocenters. The highest BCUT2D eigenvalue weighted by Gasteiger charge is 2.19. The monoisotopic (exact) mass is 342 g/mol. The lowest BCUT2D eigenvalue weighted by molar-refractivity contribution is -0.386. The molecule has 1 aromatic heterocycles. The first kappa shape index (κ1) is 14.0. The standard InChI is InChI=1S/C11H7BrN2O6/c12-7-2-1-3-9(14(17)18)10(7)19-5-6-4-8(11(15)16)13-20-6/h1-4H,5H2,(H,15,16). The summed E-state index contributed by atoms with van der Waals surface area (Å²) in [6, 6.07) is 5.58.